The van der Waals surface area contributed by atoms with Crippen molar-refractivity contribution in [2.75, 3.05) is 32.6 Å². The highest BCUT2D eigenvalue weighted by Gasteiger charge is 2.24. The molecule has 9 heteroatoms. The van der Waals surface area contributed by atoms with Gasteiger partial charge in [0.15, 0.2) is 11.5 Å². The normalized spacial score (nSPS) is 11.4. The van der Waals surface area contributed by atoms with Gasteiger partial charge in [0.05, 0.1) is 29.7 Å². The van der Waals surface area contributed by atoms with Crippen molar-refractivity contribution in [3.8, 4) is 11.5 Å². The van der Waals surface area contributed by atoms with Crippen molar-refractivity contribution in [1.29, 1.82) is 0 Å². The summed E-state index contributed by atoms with van der Waals surface area (Å²) in [5.74, 6) is 0.434. The monoisotopic (exact) mass is 426 g/mol. The molecule has 0 bridgehead atoms. The fourth-order valence-corrected chi connectivity index (χ4v) is 4.35. The number of carbonyl (C=O) groups is 1. The Kier molecular flexibility index (Phi) is 7.29. The van der Waals surface area contributed by atoms with Crippen molar-refractivity contribution in [2.45, 2.75) is 18.7 Å². The van der Waals surface area contributed by atoms with Crippen LogP contribution in [0.15, 0.2) is 41.3 Å². The van der Waals surface area contributed by atoms with E-state index in [2.05, 4.69) is 5.32 Å². The van der Waals surface area contributed by atoms with Crippen molar-refractivity contribution in [3.63, 3.8) is 0 Å². The van der Waals surface area contributed by atoms with E-state index in [1.54, 1.807) is 32.0 Å². The first-order valence-corrected chi connectivity index (χ1v) is 10.4. The molecule has 0 radical (unpaired) electrons. The van der Waals surface area contributed by atoms with E-state index in [0.29, 0.717) is 30.3 Å². The van der Waals surface area contributed by atoms with Gasteiger partial charge in [0.1, 0.15) is 0 Å². The minimum atomic E-state index is -3.71. The summed E-state index contributed by atoms with van der Waals surface area (Å²) in [6.45, 7) is 4.16. The highest BCUT2D eigenvalue weighted by Crippen LogP contribution is 2.30. The quantitative estimate of drug-likeness (QED) is 0.696. The van der Waals surface area contributed by atoms with Crippen LogP contribution in [0.5, 0.6) is 11.5 Å². The molecular formula is C19H23ClN2O5S. The van der Waals surface area contributed by atoms with Crippen LogP contribution >= 0.6 is 11.6 Å². The first-order chi connectivity index (χ1) is 13.3. The Bertz CT molecular complexity index is 959. The zero-order chi connectivity index (χ0) is 20.9. The van der Waals surface area contributed by atoms with Gasteiger partial charge >= 0.3 is 0 Å². The molecule has 28 heavy (non-hydrogen) atoms. The van der Waals surface area contributed by atoms with Crippen LogP contribution in [0.1, 0.15) is 24.2 Å². The molecule has 0 saturated heterocycles. The second kappa shape index (κ2) is 9.27. The summed E-state index contributed by atoms with van der Waals surface area (Å²) in [5, 5.41) is 2.84. The molecule has 0 saturated carbocycles. The van der Waals surface area contributed by atoms with Crippen LogP contribution in [0.2, 0.25) is 5.02 Å². The van der Waals surface area contributed by atoms with Gasteiger partial charge in [-0.15, -0.1) is 0 Å². The largest absolute Gasteiger partial charge is 0.493 e. The second-order valence-corrected chi connectivity index (χ2v) is 8.10. The molecule has 0 unspecified atom stereocenters. The van der Waals surface area contributed by atoms with Crippen LogP contribution in [-0.4, -0.2) is 45.9 Å². The number of methoxy groups -OCH3 is 2. The van der Waals surface area contributed by atoms with E-state index in [0.717, 1.165) is 0 Å². The number of nitrogens with one attached hydrogen (secondary N) is 1. The Morgan fingerprint density at radius 2 is 1.68 bits per heavy atom. The molecular weight excluding hydrogens is 404 g/mol. The summed E-state index contributed by atoms with van der Waals surface area (Å²) >= 11 is 6.15. The summed E-state index contributed by atoms with van der Waals surface area (Å²) in [6, 6.07) is 8.97. The number of halogens is 1. The Labute approximate surface area is 170 Å². The molecule has 2 aromatic carbocycles. The Hall–Kier alpha value is -2.29. The average Bonchev–Trinajstić information content (AvgIpc) is 2.68. The predicted molar refractivity (Wildman–Crippen MR) is 109 cm³/mol. The number of rotatable bonds is 8. The van der Waals surface area contributed by atoms with Crippen LogP contribution in [0.25, 0.3) is 0 Å². The number of benzene rings is 2. The third-order valence-electron chi connectivity index (χ3n) is 4.17. The number of ether oxygens (including phenoxy) is 2. The molecule has 0 spiro atoms. The standard InChI is InChI=1S/C19H23ClN2O5S/c1-5-22(6-2)28(24,25)14-8-9-16(20)15(12-14)19(23)21-13-7-10-17(26-3)18(11-13)27-4/h7-12H,5-6H2,1-4H3,(H,21,23). The highest BCUT2D eigenvalue weighted by molar-refractivity contribution is 7.89. The molecule has 152 valence electrons. The van der Waals surface area contributed by atoms with E-state index in [9.17, 15) is 13.2 Å². The lowest BCUT2D eigenvalue weighted by molar-refractivity contribution is 0.102. The molecule has 0 atom stereocenters. The van der Waals surface area contributed by atoms with Gasteiger partial charge in [0.25, 0.3) is 5.91 Å². The average molecular weight is 427 g/mol. The number of amides is 1. The van der Waals surface area contributed by atoms with Crippen LogP contribution in [0, 0.1) is 0 Å². The van der Waals surface area contributed by atoms with Crippen LogP contribution < -0.4 is 14.8 Å². The van der Waals surface area contributed by atoms with Gasteiger partial charge < -0.3 is 14.8 Å². The van der Waals surface area contributed by atoms with Crippen LogP contribution in [0.4, 0.5) is 5.69 Å². The molecule has 1 amide bonds. The lowest BCUT2D eigenvalue weighted by Crippen LogP contribution is -2.30. The van der Waals surface area contributed by atoms with E-state index in [1.807, 2.05) is 0 Å². The Morgan fingerprint density at radius 3 is 2.25 bits per heavy atom. The summed E-state index contributed by atoms with van der Waals surface area (Å²) in [6.07, 6.45) is 0. The molecule has 1 N–H and O–H groups in total. The lowest BCUT2D eigenvalue weighted by atomic mass is 10.2. The Balaban J connectivity index is 2.36. The molecule has 0 aliphatic heterocycles. The fourth-order valence-electron chi connectivity index (χ4n) is 2.66. The maximum atomic E-state index is 12.7. The van der Waals surface area contributed by atoms with Crippen LogP contribution in [-0.2, 0) is 10.0 Å². The molecule has 7 nitrogen and oxygen atoms in total. The molecule has 0 aliphatic carbocycles. The number of hydrogen-bond acceptors (Lipinski definition) is 5. The van der Waals surface area contributed by atoms with Crippen molar-refractivity contribution in [2.24, 2.45) is 0 Å². The number of hydrogen-bond donors (Lipinski definition) is 1. The first-order valence-electron chi connectivity index (χ1n) is 8.61. The van der Waals surface area contributed by atoms with Crippen molar-refractivity contribution >= 4 is 33.2 Å². The molecule has 0 aliphatic rings. The van der Waals surface area contributed by atoms with E-state index in [-0.39, 0.29) is 15.5 Å². The molecule has 0 fully saturated rings. The van der Waals surface area contributed by atoms with Gasteiger partial charge in [-0.05, 0) is 30.3 Å². The number of anilines is 1. The minimum absolute atomic E-state index is 0.0121. The van der Waals surface area contributed by atoms with Crippen LogP contribution in [0.3, 0.4) is 0 Å². The van der Waals surface area contributed by atoms with Gasteiger partial charge in [-0.2, -0.15) is 4.31 Å². The zero-order valence-electron chi connectivity index (χ0n) is 16.2. The summed E-state index contributed by atoms with van der Waals surface area (Å²) < 4.78 is 37.1. The summed E-state index contributed by atoms with van der Waals surface area (Å²) in [4.78, 5) is 12.7. The SMILES string of the molecule is CCN(CC)S(=O)(=O)c1ccc(Cl)c(C(=O)Nc2ccc(OC)c(OC)c2)c1. The maximum Gasteiger partial charge on any atom is 0.257 e. The van der Waals surface area contributed by atoms with Crippen molar-refractivity contribution < 1.29 is 22.7 Å². The molecule has 2 aromatic rings. The number of nitrogens with zero attached hydrogens (tertiary/aromatic N) is 1. The molecule has 0 heterocycles. The predicted octanol–water partition coefficient (Wildman–Crippen LogP) is 3.64. The molecule has 0 aromatic heterocycles. The van der Waals surface area contributed by atoms with Gasteiger partial charge in [-0.25, -0.2) is 8.42 Å². The van der Waals surface area contributed by atoms with Gasteiger partial charge in [0, 0.05) is 24.8 Å². The maximum absolute atomic E-state index is 12.7. The molecule has 2 rings (SSSR count). The van der Waals surface area contributed by atoms with Gasteiger partial charge in [-0.1, -0.05) is 25.4 Å². The number of sulfonamides is 1. The third-order valence-corrected chi connectivity index (χ3v) is 6.54. The summed E-state index contributed by atoms with van der Waals surface area (Å²) in [5.41, 5.74) is 0.514. The van der Waals surface area contributed by atoms with Crippen molar-refractivity contribution in [1.82, 2.24) is 4.31 Å². The van der Waals surface area contributed by atoms with E-state index in [1.165, 1.54) is 36.7 Å². The second-order valence-electron chi connectivity index (χ2n) is 5.75. The van der Waals surface area contributed by atoms with E-state index in [4.69, 9.17) is 21.1 Å². The van der Waals surface area contributed by atoms with Gasteiger partial charge in [0.2, 0.25) is 10.0 Å². The summed E-state index contributed by atoms with van der Waals surface area (Å²) in [7, 11) is -0.709. The minimum Gasteiger partial charge on any atom is -0.493 e. The Morgan fingerprint density at radius 1 is 1.04 bits per heavy atom. The topological polar surface area (TPSA) is 84.9 Å². The van der Waals surface area contributed by atoms with Crippen molar-refractivity contribution in [3.05, 3.63) is 47.0 Å². The van der Waals surface area contributed by atoms with E-state index >= 15 is 0 Å². The highest BCUT2D eigenvalue weighted by atomic mass is 35.5. The smallest absolute Gasteiger partial charge is 0.257 e. The third kappa shape index (κ3) is 4.57. The fraction of sp³-hybridized carbons (Fsp3) is 0.316. The lowest BCUT2D eigenvalue weighted by Gasteiger charge is -2.19. The first kappa shape index (κ1) is 22.0. The zero-order valence-corrected chi connectivity index (χ0v) is 17.7. The number of carbonyl (C=O) groups excluding carboxylic acids is 1. The van der Waals surface area contributed by atoms with E-state index < -0.39 is 15.9 Å². The van der Waals surface area contributed by atoms with Gasteiger partial charge in [-0.3, -0.25) is 4.79 Å².